The van der Waals surface area contributed by atoms with Crippen LogP contribution in [0, 0.1) is 11.3 Å². The van der Waals surface area contributed by atoms with Crippen molar-refractivity contribution in [2.45, 2.75) is 0 Å². The van der Waals surface area contributed by atoms with E-state index in [9.17, 15) is 0 Å². The lowest BCUT2D eigenvalue weighted by molar-refractivity contribution is 0.666. The van der Waals surface area contributed by atoms with Gasteiger partial charge in [0.15, 0.2) is 6.66 Å². The van der Waals surface area contributed by atoms with Gasteiger partial charge in [-0.2, -0.15) is 5.26 Å². The number of hydrogen-bond donors (Lipinski definition) is 0. The summed E-state index contributed by atoms with van der Waals surface area (Å²) in [6.45, 7) is 1.84. The first-order valence-electron chi connectivity index (χ1n) is 2.05. The molecule has 0 N–H and O–H groups in total. The molecule has 1 atom stereocenters. The molecule has 40 valence electrons. The molecule has 1 unspecified atom stereocenters. The second-order valence-electron chi connectivity index (χ2n) is 1.28. The van der Waals surface area contributed by atoms with Gasteiger partial charge in [0.05, 0.1) is 0 Å². The van der Waals surface area contributed by atoms with Gasteiger partial charge in [-0.3, -0.25) is 4.20 Å². The van der Waals surface area contributed by atoms with E-state index in [1.54, 1.807) is 0 Å². The fraction of sp³-hybridized carbons (Fsp3) is 0.250. The minimum Gasteiger partial charge on any atom is -0.255 e. The van der Waals surface area contributed by atoms with Crippen LogP contribution in [0.3, 0.4) is 0 Å². The third kappa shape index (κ3) is 0.853. The Hall–Kier alpha value is -0.870. The Balaban J connectivity index is 3.05. The third-order valence-corrected chi connectivity index (χ3v) is 1.58. The Morgan fingerprint density at radius 1 is 2.00 bits per heavy atom. The van der Waals surface area contributed by atoms with E-state index in [1.165, 1.54) is 6.20 Å². The summed E-state index contributed by atoms with van der Waals surface area (Å²) in [5.74, 6) is 0.332. The zero-order chi connectivity index (χ0) is 5.98. The Labute approximate surface area is 47.8 Å². The quantitative estimate of drug-likeness (QED) is 0.528. The predicted octanol–water partition coefficient (Wildman–Crippen LogP) is 1.35. The minimum absolute atomic E-state index is 0.332. The molecule has 0 amide bonds. The highest BCUT2D eigenvalue weighted by molar-refractivity contribution is 7.37. The van der Waals surface area contributed by atoms with Crippen molar-refractivity contribution in [3.05, 3.63) is 12.0 Å². The van der Waals surface area contributed by atoms with Crippen molar-refractivity contribution < 1.29 is 4.20 Å². The van der Waals surface area contributed by atoms with Crippen molar-refractivity contribution in [2.75, 3.05) is 0 Å². The summed E-state index contributed by atoms with van der Waals surface area (Å²) in [6, 6.07) is 1.86. The second-order valence-corrected chi connectivity index (χ2v) is 2.62. The van der Waals surface area contributed by atoms with Gasteiger partial charge in [0, 0.05) is 0 Å². The maximum atomic E-state index is 8.19. The van der Waals surface area contributed by atoms with Crippen LogP contribution in [0.4, 0.5) is 0 Å². The summed E-state index contributed by atoms with van der Waals surface area (Å²) in [4.78, 5) is 0. The smallest absolute Gasteiger partial charge is 0.255 e. The first-order chi connectivity index (χ1) is 3.83. The van der Waals surface area contributed by atoms with E-state index < -0.39 is 7.93 Å². The molecular formula is C4H4N2OP+. The van der Waals surface area contributed by atoms with Gasteiger partial charge in [-0.1, -0.05) is 0 Å². The van der Waals surface area contributed by atoms with Crippen LogP contribution in [-0.4, -0.2) is 4.75 Å². The molecule has 0 aliphatic carbocycles. The summed E-state index contributed by atoms with van der Waals surface area (Å²) in [6.07, 6.45) is 1.46. The molecule has 0 radical (unpaired) electrons. The highest BCUT2D eigenvalue weighted by Crippen LogP contribution is 2.18. The van der Waals surface area contributed by atoms with Gasteiger partial charge in [0.2, 0.25) is 0 Å². The van der Waals surface area contributed by atoms with Crippen molar-refractivity contribution in [2.24, 2.45) is 6.66 Å². The van der Waals surface area contributed by atoms with Crippen molar-refractivity contribution in [3.63, 3.8) is 0 Å². The Bertz CT molecular complexity index is 224. The molecule has 0 bridgehead atoms. The SMILES string of the molecule is C[p+]1ncc(C#N)o1. The number of nitriles is 1. The summed E-state index contributed by atoms with van der Waals surface area (Å²) >= 11 is 0. The van der Waals surface area contributed by atoms with E-state index in [4.69, 9.17) is 9.46 Å². The Morgan fingerprint density at radius 3 is 3.00 bits per heavy atom. The number of nitrogens with zero attached hydrogens (tertiary/aromatic N) is 2. The topological polar surface area (TPSA) is 49.8 Å². The molecule has 0 saturated carbocycles. The lowest BCUT2D eigenvalue weighted by Gasteiger charge is -1.57. The van der Waals surface area contributed by atoms with Crippen LogP contribution >= 0.6 is 7.93 Å². The average Bonchev–Trinajstić information content (AvgIpc) is 2.14. The molecule has 0 aromatic carbocycles. The second kappa shape index (κ2) is 1.94. The van der Waals surface area contributed by atoms with Gasteiger partial charge in [0.25, 0.3) is 5.76 Å². The molecule has 0 aliphatic rings. The van der Waals surface area contributed by atoms with Gasteiger partial charge in [-0.15, -0.1) is 0 Å². The van der Waals surface area contributed by atoms with Gasteiger partial charge in [0.1, 0.15) is 12.3 Å². The van der Waals surface area contributed by atoms with Gasteiger partial charge in [-0.25, -0.2) is 0 Å². The molecule has 8 heavy (non-hydrogen) atoms. The number of aromatic nitrogens is 1. The van der Waals surface area contributed by atoms with E-state index in [1.807, 2.05) is 12.7 Å². The maximum absolute atomic E-state index is 8.19. The van der Waals surface area contributed by atoms with Crippen LogP contribution in [0.5, 0.6) is 0 Å². The molecule has 4 heteroatoms. The molecule has 1 aromatic rings. The van der Waals surface area contributed by atoms with Gasteiger partial charge in [-0.05, 0) is 4.75 Å². The van der Waals surface area contributed by atoms with E-state index >= 15 is 0 Å². The maximum Gasteiger partial charge on any atom is 0.420 e. The van der Waals surface area contributed by atoms with E-state index in [2.05, 4.69) is 4.75 Å². The van der Waals surface area contributed by atoms with Crippen LogP contribution in [0.25, 0.3) is 0 Å². The van der Waals surface area contributed by atoms with Crippen LogP contribution in [-0.2, 0) is 6.66 Å². The zero-order valence-electron chi connectivity index (χ0n) is 4.33. The lowest BCUT2D eigenvalue weighted by atomic mass is 10.6. The van der Waals surface area contributed by atoms with Gasteiger partial charge < -0.3 is 0 Å². The molecule has 1 heterocycles. The first kappa shape index (κ1) is 5.27. The average molecular weight is 127 g/mol. The van der Waals surface area contributed by atoms with Crippen molar-refractivity contribution in [1.82, 2.24) is 4.75 Å². The summed E-state index contributed by atoms with van der Waals surface area (Å²) in [7, 11) is -0.700. The third-order valence-electron chi connectivity index (χ3n) is 0.678. The van der Waals surface area contributed by atoms with Crippen molar-refractivity contribution >= 4 is 7.93 Å². The molecular weight excluding hydrogens is 123 g/mol. The Kier molecular flexibility index (Phi) is 1.27. The minimum atomic E-state index is -0.700. The largest absolute Gasteiger partial charge is 0.420 e. The first-order valence-corrected chi connectivity index (χ1v) is 3.71. The van der Waals surface area contributed by atoms with Crippen LogP contribution < -0.4 is 0 Å². The molecule has 0 aliphatic heterocycles. The summed E-state index contributed by atoms with van der Waals surface area (Å²) in [5, 5.41) is 8.19. The van der Waals surface area contributed by atoms with Crippen LogP contribution in [0.15, 0.2) is 10.4 Å². The standard InChI is InChI=1S/C4H4N2OP/c1-8-6-3-4(2-5)7-8/h3H,1H3/q+1. The number of hydrogen-bond acceptors (Lipinski definition) is 3. The van der Waals surface area contributed by atoms with Crippen molar-refractivity contribution in [1.29, 1.82) is 5.26 Å². The zero-order valence-corrected chi connectivity index (χ0v) is 5.22. The van der Waals surface area contributed by atoms with Crippen molar-refractivity contribution in [3.8, 4) is 6.07 Å². The highest BCUT2D eigenvalue weighted by Gasteiger charge is 2.05. The molecule has 1 rings (SSSR count). The van der Waals surface area contributed by atoms with Crippen LogP contribution in [0.1, 0.15) is 5.76 Å². The monoisotopic (exact) mass is 127 g/mol. The molecule has 0 spiro atoms. The van der Waals surface area contributed by atoms with E-state index in [-0.39, 0.29) is 0 Å². The normalized spacial score (nSPS) is 10.8. The Morgan fingerprint density at radius 2 is 2.75 bits per heavy atom. The molecule has 0 fully saturated rings. The molecule has 1 aromatic heterocycles. The lowest BCUT2D eigenvalue weighted by Crippen LogP contribution is -1.56. The molecule has 0 saturated heterocycles. The predicted molar refractivity (Wildman–Crippen MR) is 29.3 cm³/mol. The summed E-state index contributed by atoms with van der Waals surface area (Å²) in [5.41, 5.74) is 0. The fourth-order valence-electron chi connectivity index (χ4n) is 0.372. The highest BCUT2D eigenvalue weighted by atomic mass is 31.1. The van der Waals surface area contributed by atoms with E-state index in [0.717, 1.165) is 0 Å². The van der Waals surface area contributed by atoms with Crippen LogP contribution in [0.2, 0.25) is 0 Å². The number of rotatable bonds is 0. The fourth-order valence-corrected chi connectivity index (χ4v) is 1.06. The summed E-state index contributed by atoms with van der Waals surface area (Å²) < 4.78 is 8.75. The van der Waals surface area contributed by atoms with E-state index in [0.29, 0.717) is 5.76 Å². The molecule has 3 nitrogen and oxygen atoms in total. The number of aryl methyl sites for hydroxylation is 1. The van der Waals surface area contributed by atoms with Gasteiger partial charge >= 0.3 is 7.93 Å².